The van der Waals surface area contributed by atoms with Crippen molar-refractivity contribution in [3.63, 3.8) is 0 Å². The Labute approximate surface area is 62.6 Å². The molecule has 1 saturated carbocycles. The molecule has 1 rings (SSSR count). The first-order chi connectivity index (χ1) is 4.52. The predicted molar refractivity (Wildman–Crippen MR) is 41.9 cm³/mol. The van der Waals surface area contributed by atoms with Crippen molar-refractivity contribution >= 4 is 0 Å². The quantitative estimate of drug-likeness (QED) is 0.602. The van der Waals surface area contributed by atoms with E-state index in [0.29, 0.717) is 12.1 Å². The fourth-order valence-corrected chi connectivity index (χ4v) is 1.37. The average molecular weight is 143 g/mol. The van der Waals surface area contributed by atoms with Gasteiger partial charge < -0.3 is 10.4 Å². The van der Waals surface area contributed by atoms with Crippen molar-refractivity contribution < 1.29 is 5.11 Å². The molecule has 0 aromatic heterocycles. The number of aliphatic hydroxyl groups is 1. The van der Waals surface area contributed by atoms with Crippen molar-refractivity contribution in [2.45, 2.75) is 51.3 Å². The van der Waals surface area contributed by atoms with Gasteiger partial charge in [-0.05, 0) is 19.8 Å². The lowest BCUT2D eigenvalue weighted by atomic mass is 9.76. The van der Waals surface area contributed by atoms with E-state index in [1.807, 2.05) is 6.92 Å². The van der Waals surface area contributed by atoms with Gasteiger partial charge in [0.2, 0.25) is 0 Å². The molecule has 60 valence electrons. The van der Waals surface area contributed by atoms with Gasteiger partial charge in [-0.2, -0.15) is 0 Å². The first-order valence-corrected chi connectivity index (χ1v) is 4.01. The largest absolute Gasteiger partial charge is 0.389 e. The molecule has 2 atom stereocenters. The lowest BCUT2D eigenvalue weighted by Gasteiger charge is -2.44. The third kappa shape index (κ3) is 1.50. The van der Waals surface area contributed by atoms with E-state index in [4.69, 9.17) is 0 Å². The van der Waals surface area contributed by atoms with Crippen LogP contribution in [0.5, 0.6) is 0 Å². The highest BCUT2D eigenvalue weighted by Gasteiger charge is 2.40. The van der Waals surface area contributed by atoms with E-state index in [1.54, 1.807) is 0 Å². The van der Waals surface area contributed by atoms with Crippen LogP contribution >= 0.6 is 0 Å². The summed E-state index contributed by atoms with van der Waals surface area (Å²) in [6.45, 7) is 6.11. The zero-order valence-corrected chi connectivity index (χ0v) is 7.02. The first-order valence-electron chi connectivity index (χ1n) is 4.01. The summed E-state index contributed by atoms with van der Waals surface area (Å²) >= 11 is 0. The molecule has 0 unspecified atom stereocenters. The van der Waals surface area contributed by atoms with Gasteiger partial charge in [0.15, 0.2) is 0 Å². The van der Waals surface area contributed by atoms with Gasteiger partial charge in [-0.25, -0.2) is 0 Å². The topological polar surface area (TPSA) is 32.3 Å². The Balaban J connectivity index is 2.30. The average Bonchev–Trinajstić information content (AvgIpc) is 1.81. The van der Waals surface area contributed by atoms with Crippen LogP contribution in [0.1, 0.15) is 33.6 Å². The van der Waals surface area contributed by atoms with E-state index in [9.17, 15) is 5.11 Å². The first kappa shape index (κ1) is 8.02. The molecule has 1 aliphatic rings. The lowest BCUT2D eigenvalue weighted by molar-refractivity contribution is -0.0543. The van der Waals surface area contributed by atoms with E-state index < -0.39 is 5.60 Å². The van der Waals surface area contributed by atoms with Gasteiger partial charge >= 0.3 is 0 Å². The molecule has 1 fully saturated rings. The van der Waals surface area contributed by atoms with E-state index in [-0.39, 0.29) is 0 Å². The maximum atomic E-state index is 9.56. The van der Waals surface area contributed by atoms with E-state index in [1.165, 1.54) is 0 Å². The van der Waals surface area contributed by atoms with E-state index in [0.717, 1.165) is 12.8 Å². The van der Waals surface area contributed by atoms with Crippen molar-refractivity contribution in [3.05, 3.63) is 0 Å². The highest BCUT2D eigenvalue weighted by Crippen LogP contribution is 2.31. The van der Waals surface area contributed by atoms with Gasteiger partial charge in [0.05, 0.1) is 5.60 Å². The summed E-state index contributed by atoms with van der Waals surface area (Å²) in [6.07, 6.45) is 2.06. The third-order valence-corrected chi connectivity index (χ3v) is 2.22. The Kier molecular flexibility index (Phi) is 2.02. The second-order valence-corrected chi connectivity index (χ2v) is 3.77. The summed E-state index contributed by atoms with van der Waals surface area (Å²) in [7, 11) is 0. The molecule has 1 aliphatic carbocycles. The molecule has 0 aromatic carbocycles. The summed E-state index contributed by atoms with van der Waals surface area (Å²) < 4.78 is 0. The monoisotopic (exact) mass is 143 g/mol. The molecular formula is C8H17NO. The third-order valence-electron chi connectivity index (χ3n) is 2.22. The van der Waals surface area contributed by atoms with Crippen molar-refractivity contribution in [3.8, 4) is 0 Å². The number of hydrogen-bond acceptors (Lipinski definition) is 2. The number of nitrogens with one attached hydrogen (secondary N) is 1. The fraction of sp³-hybridized carbons (Fsp3) is 1.00. The maximum Gasteiger partial charge on any atom is 0.0772 e. The van der Waals surface area contributed by atoms with Crippen molar-refractivity contribution in [2.24, 2.45) is 0 Å². The lowest BCUT2D eigenvalue weighted by Crippen LogP contribution is -2.58. The van der Waals surface area contributed by atoms with Gasteiger partial charge in [-0.15, -0.1) is 0 Å². The highest BCUT2D eigenvalue weighted by molar-refractivity contribution is 4.98. The summed E-state index contributed by atoms with van der Waals surface area (Å²) in [5, 5.41) is 12.9. The highest BCUT2D eigenvalue weighted by atomic mass is 16.3. The molecule has 0 bridgehead atoms. The smallest absolute Gasteiger partial charge is 0.0772 e. The van der Waals surface area contributed by atoms with Crippen molar-refractivity contribution in [1.29, 1.82) is 0 Å². The van der Waals surface area contributed by atoms with Crippen LogP contribution in [0.4, 0.5) is 0 Å². The van der Waals surface area contributed by atoms with Gasteiger partial charge in [0.25, 0.3) is 0 Å². The molecular weight excluding hydrogens is 126 g/mol. The van der Waals surface area contributed by atoms with Gasteiger partial charge in [-0.3, -0.25) is 0 Å². The van der Waals surface area contributed by atoms with Crippen LogP contribution in [0.25, 0.3) is 0 Å². The molecule has 0 amide bonds. The molecule has 0 spiro atoms. The molecule has 0 saturated heterocycles. The van der Waals surface area contributed by atoms with Crippen LogP contribution in [-0.4, -0.2) is 22.8 Å². The number of hydrogen-bond donors (Lipinski definition) is 2. The SMILES string of the molecule is CC(C)N[C@H]1CC[C@]1(C)O. The molecule has 0 radical (unpaired) electrons. The van der Waals surface area contributed by atoms with Crippen LogP contribution < -0.4 is 5.32 Å². The van der Waals surface area contributed by atoms with Gasteiger partial charge in [-0.1, -0.05) is 13.8 Å². The predicted octanol–water partition coefficient (Wildman–Crippen LogP) is 0.898. The van der Waals surface area contributed by atoms with Crippen LogP contribution in [0.3, 0.4) is 0 Å². The zero-order chi connectivity index (χ0) is 7.78. The Hall–Kier alpha value is -0.0800. The zero-order valence-electron chi connectivity index (χ0n) is 7.02. The summed E-state index contributed by atoms with van der Waals surface area (Å²) in [6, 6.07) is 0.810. The standard InChI is InChI=1S/C8H17NO/c1-6(2)9-7-4-5-8(7,3)10/h6-7,9-10H,4-5H2,1-3H3/t7-,8-/m0/s1. The normalized spacial score (nSPS) is 39.9. The molecule has 2 heteroatoms. The minimum absolute atomic E-state index is 0.326. The Bertz CT molecular complexity index is 120. The Morgan fingerprint density at radius 1 is 1.60 bits per heavy atom. The van der Waals surface area contributed by atoms with Crippen LogP contribution in [-0.2, 0) is 0 Å². The van der Waals surface area contributed by atoms with Crippen LogP contribution in [0, 0.1) is 0 Å². The maximum absolute atomic E-state index is 9.56. The van der Waals surface area contributed by atoms with Gasteiger partial charge in [0, 0.05) is 12.1 Å². The molecule has 0 aliphatic heterocycles. The summed E-state index contributed by atoms with van der Waals surface area (Å²) in [5.41, 5.74) is -0.440. The second kappa shape index (κ2) is 2.51. The minimum atomic E-state index is -0.440. The Morgan fingerprint density at radius 2 is 2.20 bits per heavy atom. The molecule has 10 heavy (non-hydrogen) atoms. The van der Waals surface area contributed by atoms with Crippen molar-refractivity contribution in [1.82, 2.24) is 5.32 Å². The minimum Gasteiger partial charge on any atom is -0.389 e. The van der Waals surface area contributed by atoms with Crippen LogP contribution in [0.2, 0.25) is 0 Å². The van der Waals surface area contributed by atoms with E-state index in [2.05, 4.69) is 19.2 Å². The summed E-state index contributed by atoms with van der Waals surface area (Å²) in [5.74, 6) is 0. The molecule has 2 N–H and O–H groups in total. The summed E-state index contributed by atoms with van der Waals surface area (Å²) in [4.78, 5) is 0. The van der Waals surface area contributed by atoms with E-state index >= 15 is 0 Å². The number of rotatable bonds is 2. The van der Waals surface area contributed by atoms with Gasteiger partial charge in [0.1, 0.15) is 0 Å². The Morgan fingerprint density at radius 3 is 2.30 bits per heavy atom. The van der Waals surface area contributed by atoms with Crippen LogP contribution in [0.15, 0.2) is 0 Å². The molecule has 2 nitrogen and oxygen atoms in total. The molecule has 0 aromatic rings. The van der Waals surface area contributed by atoms with Crippen molar-refractivity contribution in [2.75, 3.05) is 0 Å². The molecule has 0 heterocycles. The second-order valence-electron chi connectivity index (χ2n) is 3.77. The fourth-order valence-electron chi connectivity index (χ4n) is 1.37.